The summed E-state index contributed by atoms with van der Waals surface area (Å²) in [5, 5.41) is 3.61. The molecule has 14 heavy (non-hydrogen) atoms. The van der Waals surface area contributed by atoms with Crippen molar-refractivity contribution in [2.75, 3.05) is 26.7 Å². The van der Waals surface area contributed by atoms with Gasteiger partial charge in [0.15, 0.2) is 0 Å². The smallest absolute Gasteiger partial charge is 0.0280 e. The lowest BCUT2D eigenvalue weighted by molar-refractivity contribution is 0.181. The Labute approximate surface area is 89.1 Å². The molecule has 1 atom stereocenters. The van der Waals surface area contributed by atoms with E-state index in [4.69, 9.17) is 0 Å². The minimum atomic E-state index is 0.361. The fraction of sp³-hybridized carbons (Fsp3) is 1.00. The number of rotatable bonds is 3. The lowest BCUT2D eigenvalue weighted by Crippen LogP contribution is -2.47. The summed E-state index contributed by atoms with van der Waals surface area (Å²) < 4.78 is 0. The topological polar surface area (TPSA) is 15.3 Å². The van der Waals surface area contributed by atoms with Crippen LogP contribution in [0, 0.1) is 5.41 Å². The van der Waals surface area contributed by atoms with Crippen molar-refractivity contribution in [1.29, 1.82) is 0 Å². The van der Waals surface area contributed by atoms with Crippen molar-refractivity contribution in [3.05, 3.63) is 0 Å². The molecule has 1 unspecified atom stereocenters. The number of hydrogen-bond donors (Lipinski definition) is 1. The van der Waals surface area contributed by atoms with Gasteiger partial charge in [-0.25, -0.2) is 0 Å². The van der Waals surface area contributed by atoms with E-state index in [1.165, 1.54) is 32.5 Å². The van der Waals surface area contributed by atoms with E-state index in [-0.39, 0.29) is 0 Å². The van der Waals surface area contributed by atoms with Crippen LogP contribution in [0.2, 0.25) is 0 Å². The van der Waals surface area contributed by atoms with E-state index in [2.05, 4.69) is 45.0 Å². The van der Waals surface area contributed by atoms with Crippen molar-refractivity contribution in [3.63, 3.8) is 0 Å². The molecule has 2 heteroatoms. The molecule has 1 aliphatic rings. The average Bonchev–Trinajstić information content (AvgIpc) is 2.30. The number of nitrogens with zero attached hydrogens (tertiary/aromatic N) is 1. The molecular weight excluding hydrogens is 172 g/mol. The summed E-state index contributed by atoms with van der Waals surface area (Å²) in [7, 11) is 2.23. The Bertz CT molecular complexity index is 175. The molecule has 1 saturated heterocycles. The maximum Gasteiger partial charge on any atom is 0.0280 e. The molecule has 0 aromatic rings. The van der Waals surface area contributed by atoms with E-state index < -0.39 is 0 Å². The van der Waals surface area contributed by atoms with Gasteiger partial charge in [-0.15, -0.1) is 0 Å². The number of nitrogens with one attached hydrogen (secondary N) is 1. The van der Waals surface area contributed by atoms with Crippen molar-refractivity contribution in [1.82, 2.24) is 10.2 Å². The number of hydrogen-bond acceptors (Lipinski definition) is 2. The molecule has 0 bridgehead atoms. The lowest BCUT2D eigenvalue weighted by Gasteiger charge is -2.34. The highest BCUT2D eigenvalue weighted by Gasteiger charge is 2.29. The third-order valence-corrected chi connectivity index (χ3v) is 2.82. The first kappa shape index (κ1) is 12.0. The molecule has 1 N–H and O–H groups in total. The third kappa shape index (κ3) is 3.97. The molecule has 1 aliphatic heterocycles. The second-order valence-electron chi connectivity index (χ2n) is 6.32. The molecule has 1 fully saturated rings. The van der Waals surface area contributed by atoms with Crippen LogP contribution >= 0.6 is 0 Å². The zero-order chi connectivity index (χ0) is 10.8. The average molecular weight is 198 g/mol. The van der Waals surface area contributed by atoms with Crippen LogP contribution in [0.5, 0.6) is 0 Å². The Morgan fingerprint density at radius 2 is 2.00 bits per heavy atom. The van der Waals surface area contributed by atoms with Crippen LogP contribution in [0.1, 0.15) is 40.5 Å². The van der Waals surface area contributed by atoms with Crippen LogP contribution in [0.25, 0.3) is 0 Å². The maximum atomic E-state index is 3.61. The van der Waals surface area contributed by atoms with Crippen molar-refractivity contribution in [3.8, 4) is 0 Å². The quantitative estimate of drug-likeness (QED) is 0.747. The van der Waals surface area contributed by atoms with Crippen LogP contribution in [-0.4, -0.2) is 37.1 Å². The van der Waals surface area contributed by atoms with Crippen LogP contribution in [0.4, 0.5) is 0 Å². The molecule has 0 aliphatic carbocycles. The summed E-state index contributed by atoms with van der Waals surface area (Å²) in [6.07, 6.45) is 2.65. The summed E-state index contributed by atoms with van der Waals surface area (Å²) in [5.41, 5.74) is 0.768. The van der Waals surface area contributed by atoms with E-state index in [0.717, 1.165) is 0 Å². The van der Waals surface area contributed by atoms with Gasteiger partial charge >= 0.3 is 0 Å². The van der Waals surface area contributed by atoms with Crippen LogP contribution in [0.15, 0.2) is 0 Å². The molecule has 0 amide bonds. The molecular formula is C12H26N2. The highest BCUT2D eigenvalue weighted by molar-refractivity contribution is 4.91. The van der Waals surface area contributed by atoms with Gasteiger partial charge in [0, 0.05) is 18.6 Å². The third-order valence-electron chi connectivity index (χ3n) is 2.82. The van der Waals surface area contributed by atoms with Crippen LogP contribution in [-0.2, 0) is 0 Å². The van der Waals surface area contributed by atoms with Gasteiger partial charge in [0.25, 0.3) is 0 Å². The van der Waals surface area contributed by atoms with Gasteiger partial charge in [-0.1, -0.05) is 20.8 Å². The van der Waals surface area contributed by atoms with E-state index >= 15 is 0 Å². The molecule has 84 valence electrons. The Balaban J connectivity index is 2.36. The first-order chi connectivity index (χ1) is 6.31. The van der Waals surface area contributed by atoms with E-state index in [1.807, 2.05) is 0 Å². The van der Waals surface area contributed by atoms with Crippen LogP contribution in [0.3, 0.4) is 0 Å². The van der Waals surface area contributed by atoms with Crippen molar-refractivity contribution in [2.45, 2.75) is 46.1 Å². The standard InChI is InChI=1S/C12H26N2/c1-11(2,3)9-14(5)10-12(4)7-6-8-13-12/h13H,6-10H2,1-5H3. The largest absolute Gasteiger partial charge is 0.310 e. The van der Waals surface area contributed by atoms with E-state index in [9.17, 15) is 0 Å². The van der Waals surface area contributed by atoms with Gasteiger partial charge < -0.3 is 10.2 Å². The summed E-state index contributed by atoms with van der Waals surface area (Å²) in [6.45, 7) is 12.8. The Kier molecular flexibility index (Phi) is 3.59. The van der Waals surface area contributed by atoms with Gasteiger partial charge in [0.1, 0.15) is 0 Å². The first-order valence-electron chi connectivity index (χ1n) is 5.74. The maximum absolute atomic E-state index is 3.61. The minimum absolute atomic E-state index is 0.361. The molecule has 0 aromatic carbocycles. The Morgan fingerprint density at radius 1 is 1.36 bits per heavy atom. The molecule has 1 rings (SSSR count). The summed E-state index contributed by atoms with van der Waals surface area (Å²) in [5.74, 6) is 0. The van der Waals surface area contributed by atoms with Crippen molar-refractivity contribution >= 4 is 0 Å². The molecule has 0 saturated carbocycles. The second kappa shape index (κ2) is 4.19. The predicted molar refractivity (Wildman–Crippen MR) is 62.6 cm³/mol. The Hall–Kier alpha value is -0.0800. The summed E-state index contributed by atoms with van der Waals surface area (Å²) in [4.78, 5) is 2.46. The molecule has 2 nitrogen and oxygen atoms in total. The molecule has 0 radical (unpaired) electrons. The van der Waals surface area contributed by atoms with Crippen molar-refractivity contribution in [2.24, 2.45) is 5.41 Å². The van der Waals surface area contributed by atoms with Crippen LogP contribution < -0.4 is 5.32 Å². The van der Waals surface area contributed by atoms with Gasteiger partial charge in [-0.3, -0.25) is 0 Å². The van der Waals surface area contributed by atoms with Crippen molar-refractivity contribution < 1.29 is 0 Å². The Morgan fingerprint density at radius 3 is 2.43 bits per heavy atom. The second-order valence-corrected chi connectivity index (χ2v) is 6.32. The van der Waals surface area contributed by atoms with Gasteiger partial charge in [0.05, 0.1) is 0 Å². The molecule has 0 spiro atoms. The normalized spacial score (nSPS) is 28.7. The highest BCUT2D eigenvalue weighted by Crippen LogP contribution is 2.21. The molecule has 1 heterocycles. The summed E-state index contributed by atoms with van der Waals surface area (Å²) >= 11 is 0. The zero-order valence-electron chi connectivity index (χ0n) is 10.5. The van der Waals surface area contributed by atoms with E-state index in [1.54, 1.807) is 0 Å². The monoisotopic (exact) mass is 198 g/mol. The summed E-state index contributed by atoms with van der Waals surface area (Å²) in [6, 6.07) is 0. The van der Waals surface area contributed by atoms with Gasteiger partial charge in [-0.2, -0.15) is 0 Å². The predicted octanol–water partition coefficient (Wildman–Crippen LogP) is 2.11. The van der Waals surface area contributed by atoms with Gasteiger partial charge in [0.2, 0.25) is 0 Å². The fourth-order valence-electron chi connectivity index (χ4n) is 2.55. The SMILES string of the molecule is CN(CC(C)(C)C)CC1(C)CCCN1. The first-order valence-corrected chi connectivity index (χ1v) is 5.74. The van der Waals surface area contributed by atoms with Gasteiger partial charge in [-0.05, 0) is 38.8 Å². The molecule has 0 aromatic heterocycles. The zero-order valence-corrected chi connectivity index (χ0v) is 10.5. The lowest BCUT2D eigenvalue weighted by atomic mass is 9.94. The number of likely N-dealkylation sites (N-methyl/N-ethyl adjacent to an activating group) is 1. The minimum Gasteiger partial charge on any atom is -0.310 e. The highest BCUT2D eigenvalue weighted by atomic mass is 15.2. The van der Waals surface area contributed by atoms with E-state index in [0.29, 0.717) is 11.0 Å². The fourth-order valence-corrected chi connectivity index (χ4v) is 2.55.